The molecule has 0 spiro atoms. The van der Waals surface area contributed by atoms with E-state index in [-0.39, 0.29) is 5.75 Å². The van der Waals surface area contributed by atoms with Crippen LogP contribution in [0.3, 0.4) is 0 Å². The number of hydrazine groups is 1. The van der Waals surface area contributed by atoms with Gasteiger partial charge in [-0.15, -0.1) is 0 Å². The number of carbonyl (C=O) groups is 2. The molecule has 0 saturated carbocycles. The second-order valence-corrected chi connectivity index (χ2v) is 6.07. The molecule has 2 amide bonds. The predicted octanol–water partition coefficient (Wildman–Crippen LogP) is 3.15. The largest absolute Gasteiger partial charge is 0.484 e. The number of nitrogens with one attached hydrogen (secondary N) is 2. The van der Waals surface area contributed by atoms with E-state index in [1.165, 1.54) is 12.1 Å². The Morgan fingerprint density at radius 2 is 1.76 bits per heavy atom. The molecule has 0 unspecified atom stereocenters. The lowest BCUT2D eigenvalue weighted by Crippen LogP contribution is -2.43. The van der Waals surface area contributed by atoms with Crippen LogP contribution in [-0.2, 0) is 11.0 Å². The lowest BCUT2D eigenvalue weighted by atomic mass is 10.2. The Morgan fingerprint density at radius 1 is 1.04 bits per heavy atom. The molecular formula is C16H12F3IN2O3. The summed E-state index contributed by atoms with van der Waals surface area (Å²) in [5, 5.41) is 0. The first-order chi connectivity index (χ1) is 11.8. The summed E-state index contributed by atoms with van der Waals surface area (Å²) < 4.78 is 43.6. The van der Waals surface area contributed by atoms with E-state index in [1.807, 2.05) is 22.6 Å². The van der Waals surface area contributed by atoms with Crippen molar-refractivity contribution in [2.45, 2.75) is 6.18 Å². The van der Waals surface area contributed by atoms with Crippen LogP contribution in [0.25, 0.3) is 0 Å². The molecule has 2 N–H and O–H groups in total. The first-order valence-electron chi connectivity index (χ1n) is 6.90. The van der Waals surface area contributed by atoms with Crippen molar-refractivity contribution in [2.24, 2.45) is 0 Å². The molecule has 2 aromatic carbocycles. The van der Waals surface area contributed by atoms with Crippen molar-refractivity contribution < 1.29 is 27.5 Å². The van der Waals surface area contributed by atoms with Gasteiger partial charge < -0.3 is 4.74 Å². The third-order valence-corrected chi connectivity index (χ3v) is 3.60. The van der Waals surface area contributed by atoms with Crippen LogP contribution < -0.4 is 15.6 Å². The average Bonchev–Trinajstić information content (AvgIpc) is 2.57. The van der Waals surface area contributed by atoms with Gasteiger partial charge >= 0.3 is 6.18 Å². The van der Waals surface area contributed by atoms with E-state index in [9.17, 15) is 22.8 Å². The quantitative estimate of drug-likeness (QED) is 0.540. The Kier molecular flexibility index (Phi) is 6.23. The van der Waals surface area contributed by atoms with Gasteiger partial charge in [-0.05, 0) is 59.0 Å². The Balaban J connectivity index is 1.84. The number of hydrogen-bond acceptors (Lipinski definition) is 3. The van der Waals surface area contributed by atoms with Crippen molar-refractivity contribution in [3.63, 3.8) is 0 Å². The zero-order chi connectivity index (χ0) is 18.4. The van der Waals surface area contributed by atoms with Gasteiger partial charge in [-0.25, -0.2) is 0 Å². The van der Waals surface area contributed by atoms with E-state index in [0.29, 0.717) is 5.56 Å². The molecule has 0 bridgehead atoms. The first-order valence-corrected chi connectivity index (χ1v) is 7.98. The zero-order valence-electron chi connectivity index (χ0n) is 12.6. The standard InChI is InChI=1S/C16H12F3IN2O3/c17-16(18,19)11-4-2-6-13(8-11)25-9-14(23)21-22-15(24)10-3-1-5-12(20)7-10/h1-8H,9H2,(H,21,23)(H,22,24). The van der Waals surface area contributed by atoms with Crippen molar-refractivity contribution in [3.05, 3.63) is 63.2 Å². The van der Waals surface area contributed by atoms with E-state index in [2.05, 4.69) is 10.9 Å². The Hall–Kier alpha value is -2.30. The minimum Gasteiger partial charge on any atom is -0.484 e. The highest BCUT2D eigenvalue weighted by Gasteiger charge is 2.30. The van der Waals surface area contributed by atoms with Crippen LogP contribution in [0.5, 0.6) is 5.75 Å². The number of hydrogen-bond donors (Lipinski definition) is 2. The fraction of sp³-hybridized carbons (Fsp3) is 0.125. The van der Waals surface area contributed by atoms with Crippen molar-refractivity contribution >= 4 is 34.4 Å². The number of halogens is 4. The lowest BCUT2D eigenvalue weighted by Gasteiger charge is -2.11. The smallest absolute Gasteiger partial charge is 0.416 e. The zero-order valence-corrected chi connectivity index (χ0v) is 14.7. The number of alkyl halides is 3. The normalized spacial score (nSPS) is 10.9. The van der Waals surface area contributed by atoms with E-state index in [1.54, 1.807) is 24.3 Å². The van der Waals surface area contributed by atoms with Crippen molar-refractivity contribution in [2.75, 3.05) is 6.61 Å². The van der Waals surface area contributed by atoms with Crippen LogP contribution in [0.15, 0.2) is 48.5 Å². The second kappa shape index (κ2) is 8.19. The number of carbonyl (C=O) groups excluding carboxylic acids is 2. The Labute approximate surface area is 154 Å². The van der Waals surface area contributed by atoms with Crippen molar-refractivity contribution in [1.82, 2.24) is 10.9 Å². The number of amides is 2. The summed E-state index contributed by atoms with van der Waals surface area (Å²) in [6.07, 6.45) is -4.50. The van der Waals surface area contributed by atoms with Crippen molar-refractivity contribution in [1.29, 1.82) is 0 Å². The highest BCUT2D eigenvalue weighted by Crippen LogP contribution is 2.31. The van der Waals surface area contributed by atoms with E-state index >= 15 is 0 Å². The molecule has 0 radical (unpaired) electrons. The molecule has 0 fully saturated rings. The van der Waals surface area contributed by atoms with Crippen molar-refractivity contribution in [3.8, 4) is 5.75 Å². The van der Waals surface area contributed by atoms with Gasteiger partial charge in [0.1, 0.15) is 5.75 Å². The first kappa shape index (κ1) is 19.0. The van der Waals surface area contributed by atoms with Gasteiger partial charge in [0.25, 0.3) is 11.8 Å². The van der Waals surface area contributed by atoms with Gasteiger partial charge in [-0.1, -0.05) is 12.1 Å². The van der Waals surface area contributed by atoms with Crippen LogP contribution in [0.1, 0.15) is 15.9 Å². The molecule has 5 nitrogen and oxygen atoms in total. The summed E-state index contributed by atoms with van der Waals surface area (Å²) in [7, 11) is 0. The number of benzene rings is 2. The molecule has 0 aliphatic rings. The third kappa shape index (κ3) is 5.93. The fourth-order valence-corrected chi connectivity index (χ4v) is 2.32. The van der Waals surface area contributed by atoms with Gasteiger partial charge in [0, 0.05) is 9.13 Å². The summed E-state index contributed by atoms with van der Waals surface area (Å²) in [4.78, 5) is 23.5. The summed E-state index contributed by atoms with van der Waals surface area (Å²) in [6, 6.07) is 10.9. The molecule has 2 aromatic rings. The minimum absolute atomic E-state index is 0.103. The van der Waals surface area contributed by atoms with Gasteiger partial charge in [-0.3, -0.25) is 20.4 Å². The molecule has 0 saturated heterocycles. The van der Waals surface area contributed by atoms with Gasteiger partial charge in [0.2, 0.25) is 0 Å². The molecule has 2 rings (SSSR count). The molecular weight excluding hydrogens is 452 g/mol. The molecule has 132 valence electrons. The average molecular weight is 464 g/mol. The van der Waals surface area contributed by atoms with Gasteiger partial charge in [-0.2, -0.15) is 13.2 Å². The summed E-state index contributed by atoms with van der Waals surface area (Å²) in [6.45, 7) is -0.548. The van der Waals surface area contributed by atoms with Crippen LogP contribution in [0.4, 0.5) is 13.2 Å². The molecule has 0 aliphatic heterocycles. The van der Waals surface area contributed by atoms with Gasteiger partial charge in [0.05, 0.1) is 5.56 Å². The maximum absolute atomic E-state index is 12.6. The van der Waals surface area contributed by atoms with Crippen LogP contribution >= 0.6 is 22.6 Å². The molecule has 0 aliphatic carbocycles. The van der Waals surface area contributed by atoms with Crippen LogP contribution in [0, 0.1) is 3.57 Å². The minimum atomic E-state index is -4.50. The predicted molar refractivity (Wildman–Crippen MR) is 91.7 cm³/mol. The van der Waals surface area contributed by atoms with Crippen LogP contribution in [0.2, 0.25) is 0 Å². The summed E-state index contributed by atoms with van der Waals surface area (Å²) >= 11 is 2.04. The number of ether oxygens (including phenoxy) is 1. The highest BCUT2D eigenvalue weighted by molar-refractivity contribution is 14.1. The van der Waals surface area contributed by atoms with E-state index in [4.69, 9.17) is 4.74 Å². The maximum atomic E-state index is 12.6. The second-order valence-electron chi connectivity index (χ2n) is 4.83. The molecule has 25 heavy (non-hydrogen) atoms. The Bertz CT molecular complexity index is 781. The Morgan fingerprint density at radius 3 is 2.44 bits per heavy atom. The molecule has 0 heterocycles. The van der Waals surface area contributed by atoms with E-state index < -0.39 is 30.2 Å². The number of rotatable bonds is 4. The van der Waals surface area contributed by atoms with Gasteiger partial charge in [0.15, 0.2) is 6.61 Å². The maximum Gasteiger partial charge on any atom is 0.416 e. The third-order valence-electron chi connectivity index (χ3n) is 2.93. The fourth-order valence-electron chi connectivity index (χ4n) is 1.78. The monoisotopic (exact) mass is 464 g/mol. The molecule has 0 aromatic heterocycles. The topological polar surface area (TPSA) is 67.4 Å². The molecule has 9 heteroatoms. The summed E-state index contributed by atoms with van der Waals surface area (Å²) in [5.74, 6) is -1.34. The molecule has 0 atom stereocenters. The van der Waals surface area contributed by atoms with E-state index in [0.717, 1.165) is 15.7 Å². The van der Waals surface area contributed by atoms with Crippen LogP contribution in [-0.4, -0.2) is 18.4 Å². The SMILES string of the molecule is O=C(COc1cccc(C(F)(F)F)c1)NNC(=O)c1cccc(I)c1. The summed E-state index contributed by atoms with van der Waals surface area (Å²) in [5.41, 5.74) is 3.80. The lowest BCUT2D eigenvalue weighted by molar-refractivity contribution is -0.137. The highest BCUT2D eigenvalue weighted by atomic mass is 127.